The van der Waals surface area contributed by atoms with E-state index in [0.29, 0.717) is 28.9 Å². The summed E-state index contributed by atoms with van der Waals surface area (Å²) in [5.74, 6) is 3.57. The van der Waals surface area contributed by atoms with Gasteiger partial charge < -0.3 is 14.8 Å². The van der Waals surface area contributed by atoms with Gasteiger partial charge in [-0.2, -0.15) is 0 Å². The monoisotopic (exact) mass is 384 g/mol. The van der Waals surface area contributed by atoms with Crippen LogP contribution < -0.4 is 14.8 Å². The third-order valence-electron chi connectivity index (χ3n) is 4.74. The Morgan fingerprint density at radius 3 is 2.78 bits per heavy atom. The normalized spacial score (nSPS) is 19.1. The highest BCUT2D eigenvalue weighted by Crippen LogP contribution is 2.31. The van der Waals surface area contributed by atoms with Crippen molar-refractivity contribution in [2.45, 2.75) is 45.1 Å². The van der Waals surface area contributed by atoms with Crippen LogP contribution in [0.15, 0.2) is 23.9 Å². The molecule has 6 heteroatoms. The van der Waals surface area contributed by atoms with E-state index in [1.165, 1.54) is 6.42 Å². The lowest BCUT2D eigenvalue weighted by molar-refractivity contribution is -0.124. The summed E-state index contributed by atoms with van der Waals surface area (Å²) in [6.07, 6.45) is 12.6. The fourth-order valence-electron chi connectivity index (χ4n) is 3.51. The van der Waals surface area contributed by atoms with Crippen molar-refractivity contribution in [3.8, 4) is 23.8 Å². The molecule has 1 aromatic carbocycles. The molecular formula is C21H24N2O3S. The molecule has 1 heterocycles. The van der Waals surface area contributed by atoms with Crippen LogP contribution in [0.5, 0.6) is 11.5 Å². The second-order valence-corrected chi connectivity index (χ2v) is 6.97. The molecule has 0 spiro atoms. The number of benzene rings is 1. The van der Waals surface area contributed by atoms with Gasteiger partial charge in [0.2, 0.25) is 0 Å². The summed E-state index contributed by atoms with van der Waals surface area (Å²) in [4.78, 5) is 14.6. The third kappa shape index (κ3) is 4.42. The lowest BCUT2D eigenvalue weighted by atomic mass is 9.94. The summed E-state index contributed by atoms with van der Waals surface area (Å²) >= 11 is 5.42. The Bertz CT molecular complexity index is 791. The van der Waals surface area contributed by atoms with Crippen LogP contribution >= 0.6 is 12.2 Å². The van der Waals surface area contributed by atoms with Gasteiger partial charge >= 0.3 is 0 Å². The number of carbonyl (C=O) groups excluding carboxylic acids is 1. The van der Waals surface area contributed by atoms with Crippen LogP contribution in [0.2, 0.25) is 0 Å². The molecule has 0 bridgehead atoms. The Balaban J connectivity index is 1.81. The first-order chi connectivity index (χ1) is 13.1. The lowest BCUT2D eigenvalue weighted by Crippen LogP contribution is -2.41. The Morgan fingerprint density at radius 2 is 2.07 bits per heavy atom. The minimum Gasteiger partial charge on any atom is -0.490 e. The molecule has 2 aliphatic rings. The standard InChI is InChI=1S/C21H24N2O3S/c1-3-12-26-18-11-10-15(14-19(18)25-4-2)13-17-20(24)23(21(27)22-17)16-8-6-5-7-9-16/h1,10-11,13-14,16H,4-9,12H2,2H3,(H,22,27). The van der Waals surface area contributed by atoms with Crippen molar-refractivity contribution in [3.63, 3.8) is 0 Å². The predicted octanol–water partition coefficient (Wildman–Crippen LogP) is 3.49. The maximum atomic E-state index is 12.9. The van der Waals surface area contributed by atoms with E-state index in [1.54, 1.807) is 17.0 Å². The highest BCUT2D eigenvalue weighted by molar-refractivity contribution is 7.80. The van der Waals surface area contributed by atoms with E-state index in [9.17, 15) is 4.79 Å². The van der Waals surface area contributed by atoms with Gasteiger partial charge in [-0.05, 0) is 55.8 Å². The second kappa shape index (κ2) is 8.92. The van der Waals surface area contributed by atoms with Gasteiger partial charge in [-0.25, -0.2) is 0 Å². The quantitative estimate of drug-likeness (QED) is 0.462. The summed E-state index contributed by atoms with van der Waals surface area (Å²) < 4.78 is 11.1. The molecule has 1 aliphatic carbocycles. The number of nitrogens with zero attached hydrogens (tertiary/aromatic N) is 1. The van der Waals surface area contributed by atoms with Crippen molar-refractivity contribution in [3.05, 3.63) is 29.5 Å². The first kappa shape index (κ1) is 19.2. The number of ether oxygens (including phenoxy) is 2. The smallest absolute Gasteiger partial charge is 0.276 e. The molecule has 0 atom stereocenters. The van der Waals surface area contributed by atoms with Crippen LogP contribution in [0, 0.1) is 12.3 Å². The highest BCUT2D eigenvalue weighted by Gasteiger charge is 2.36. The van der Waals surface area contributed by atoms with Crippen molar-refractivity contribution in [2.75, 3.05) is 13.2 Å². The van der Waals surface area contributed by atoms with E-state index in [4.69, 9.17) is 28.1 Å². The molecule has 1 N–H and O–H groups in total. The van der Waals surface area contributed by atoms with Crippen LogP contribution in [-0.2, 0) is 4.79 Å². The van der Waals surface area contributed by atoms with Crippen molar-refractivity contribution in [2.24, 2.45) is 0 Å². The summed E-state index contributed by atoms with van der Waals surface area (Å²) in [6.45, 7) is 2.58. The van der Waals surface area contributed by atoms with Crippen LogP contribution in [0.4, 0.5) is 0 Å². The summed E-state index contributed by atoms with van der Waals surface area (Å²) in [7, 11) is 0. The van der Waals surface area contributed by atoms with Crippen molar-refractivity contribution < 1.29 is 14.3 Å². The molecule has 1 saturated heterocycles. The van der Waals surface area contributed by atoms with Gasteiger partial charge in [-0.1, -0.05) is 31.2 Å². The van der Waals surface area contributed by atoms with Crippen LogP contribution in [0.1, 0.15) is 44.6 Å². The van der Waals surface area contributed by atoms with Gasteiger partial charge in [0.05, 0.1) is 6.61 Å². The molecule has 5 nitrogen and oxygen atoms in total. The first-order valence-corrected chi connectivity index (χ1v) is 9.74. The third-order valence-corrected chi connectivity index (χ3v) is 5.04. The van der Waals surface area contributed by atoms with Crippen LogP contribution in [0.25, 0.3) is 6.08 Å². The lowest BCUT2D eigenvalue weighted by Gasteiger charge is -2.29. The molecule has 1 aliphatic heterocycles. The number of terminal acetylenes is 1. The maximum Gasteiger partial charge on any atom is 0.276 e. The van der Waals surface area contributed by atoms with E-state index in [1.807, 2.05) is 19.1 Å². The number of carbonyl (C=O) groups is 1. The molecular weight excluding hydrogens is 360 g/mol. The van der Waals surface area contributed by atoms with Gasteiger partial charge in [-0.3, -0.25) is 9.69 Å². The van der Waals surface area contributed by atoms with E-state index in [2.05, 4.69) is 11.2 Å². The van der Waals surface area contributed by atoms with Crippen molar-refractivity contribution in [1.29, 1.82) is 0 Å². The van der Waals surface area contributed by atoms with E-state index in [0.717, 1.165) is 31.2 Å². The minimum absolute atomic E-state index is 0.0579. The number of nitrogens with one attached hydrogen (secondary N) is 1. The van der Waals surface area contributed by atoms with Gasteiger partial charge in [0.15, 0.2) is 16.6 Å². The van der Waals surface area contributed by atoms with Crippen molar-refractivity contribution >= 4 is 29.3 Å². The number of hydrogen-bond donors (Lipinski definition) is 1. The van der Waals surface area contributed by atoms with E-state index < -0.39 is 0 Å². The van der Waals surface area contributed by atoms with E-state index in [-0.39, 0.29) is 18.6 Å². The number of amides is 1. The molecule has 142 valence electrons. The zero-order valence-electron chi connectivity index (χ0n) is 15.5. The Kier molecular flexibility index (Phi) is 6.36. The Hall–Kier alpha value is -2.52. The molecule has 0 unspecified atom stereocenters. The topological polar surface area (TPSA) is 50.8 Å². The summed E-state index contributed by atoms with van der Waals surface area (Å²) in [6, 6.07) is 5.70. The number of hydrogen-bond acceptors (Lipinski definition) is 4. The number of rotatable bonds is 6. The average molecular weight is 385 g/mol. The SMILES string of the molecule is C#CCOc1ccc(C=C2NC(=S)N(C3CCCCC3)C2=O)cc1OCC. The average Bonchev–Trinajstić information content (AvgIpc) is 2.95. The minimum atomic E-state index is -0.0579. The van der Waals surface area contributed by atoms with Gasteiger partial charge in [0.25, 0.3) is 5.91 Å². The fourth-order valence-corrected chi connectivity index (χ4v) is 3.85. The molecule has 1 amide bonds. The summed E-state index contributed by atoms with van der Waals surface area (Å²) in [5.41, 5.74) is 1.32. The zero-order valence-corrected chi connectivity index (χ0v) is 16.3. The zero-order chi connectivity index (χ0) is 19.2. The molecule has 1 aromatic rings. The van der Waals surface area contributed by atoms with Crippen molar-refractivity contribution in [1.82, 2.24) is 10.2 Å². The molecule has 27 heavy (non-hydrogen) atoms. The predicted molar refractivity (Wildman–Crippen MR) is 109 cm³/mol. The van der Waals surface area contributed by atoms with E-state index >= 15 is 0 Å². The molecule has 0 radical (unpaired) electrons. The largest absolute Gasteiger partial charge is 0.490 e. The second-order valence-electron chi connectivity index (χ2n) is 6.59. The molecule has 1 saturated carbocycles. The van der Waals surface area contributed by atoms with Crippen LogP contribution in [-0.4, -0.2) is 35.2 Å². The van der Waals surface area contributed by atoms with Gasteiger partial charge in [-0.15, -0.1) is 6.42 Å². The van der Waals surface area contributed by atoms with Crippen LogP contribution in [0.3, 0.4) is 0 Å². The van der Waals surface area contributed by atoms with Gasteiger partial charge in [0.1, 0.15) is 12.3 Å². The fraction of sp³-hybridized carbons (Fsp3) is 0.429. The Labute approximate surface area is 165 Å². The Morgan fingerprint density at radius 1 is 1.30 bits per heavy atom. The first-order valence-electron chi connectivity index (χ1n) is 9.33. The van der Waals surface area contributed by atoms with Gasteiger partial charge in [0, 0.05) is 6.04 Å². The molecule has 3 rings (SSSR count). The number of thiocarbonyl (C=S) groups is 1. The summed E-state index contributed by atoms with van der Waals surface area (Å²) in [5, 5.41) is 3.57. The maximum absolute atomic E-state index is 12.9. The highest BCUT2D eigenvalue weighted by atomic mass is 32.1. The molecule has 0 aromatic heterocycles. The molecule has 2 fully saturated rings.